The Morgan fingerprint density at radius 3 is 2.11 bits per heavy atom. The van der Waals surface area contributed by atoms with Crippen LogP contribution < -0.4 is 0 Å². The molecule has 2 nitrogen and oxygen atoms in total. The lowest BCUT2D eigenvalue weighted by atomic mass is 9.96. The van der Waals surface area contributed by atoms with Gasteiger partial charge in [0.2, 0.25) is 0 Å². The summed E-state index contributed by atoms with van der Waals surface area (Å²) in [5, 5.41) is 9.19. The summed E-state index contributed by atoms with van der Waals surface area (Å²) in [5.74, 6) is -0.971. The summed E-state index contributed by atoms with van der Waals surface area (Å²) in [6.07, 6.45) is 0. The Morgan fingerprint density at radius 1 is 0.944 bits per heavy atom. The van der Waals surface area contributed by atoms with Gasteiger partial charge in [-0.1, -0.05) is 42.5 Å². The predicted octanol–water partition coefficient (Wildman–Crippen LogP) is 4.53. The Labute approximate surface area is 115 Å². The number of benzene rings is 2. The molecular formula is C14H10Cl2O2. The van der Waals surface area contributed by atoms with E-state index in [0.29, 0.717) is 11.1 Å². The minimum atomic E-state index is -0.971. The highest BCUT2D eigenvalue weighted by Gasteiger charge is 2.16. The molecule has 0 radical (unpaired) electrons. The van der Waals surface area contributed by atoms with Crippen molar-refractivity contribution in [1.82, 2.24) is 0 Å². The van der Waals surface area contributed by atoms with Gasteiger partial charge in [0, 0.05) is 0 Å². The average molecular weight is 281 g/mol. The minimum absolute atomic E-state index is 0.235. The third-order valence-electron chi connectivity index (χ3n) is 2.64. The quantitative estimate of drug-likeness (QED) is 0.839. The standard InChI is InChI=1S/C14H10Cl2O2/c15-13(16)11-7-3-1-5-9(11)10-6-2-4-8-12(10)14(17)18/h1-8,13H,(H,17,18). The highest BCUT2D eigenvalue weighted by Crippen LogP contribution is 2.35. The first-order valence-corrected chi connectivity index (χ1v) is 6.18. The molecule has 0 amide bonds. The fourth-order valence-electron chi connectivity index (χ4n) is 1.84. The van der Waals surface area contributed by atoms with Gasteiger partial charge in [-0.15, -0.1) is 23.2 Å². The van der Waals surface area contributed by atoms with E-state index in [1.54, 1.807) is 30.3 Å². The van der Waals surface area contributed by atoms with Crippen molar-refractivity contribution in [3.05, 3.63) is 59.7 Å². The summed E-state index contributed by atoms with van der Waals surface area (Å²) in [6, 6.07) is 14.0. The number of carboxylic acid groups (broad SMARTS) is 1. The molecule has 18 heavy (non-hydrogen) atoms. The van der Waals surface area contributed by atoms with Gasteiger partial charge in [-0.25, -0.2) is 4.79 Å². The first-order valence-electron chi connectivity index (χ1n) is 5.31. The molecular weight excluding hydrogens is 271 g/mol. The van der Waals surface area contributed by atoms with Gasteiger partial charge >= 0.3 is 5.97 Å². The van der Waals surface area contributed by atoms with Crippen LogP contribution in [0, 0.1) is 0 Å². The average Bonchev–Trinajstić information content (AvgIpc) is 2.38. The largest absolute Gasteiger partial charge is 0.478 e. The highest BCUT2D eigenvalue weighted by molar-refractivity contribution is 6.44. The molecule has 0 saturated heterocycles. The molecule has 2 aromatic rings. The molecule has 0 aliphatic heterocycles. The van der Waals surface area contributed by atoms with E-state index in [0.717, 1.165) is 5.56 Å². The van der Waals surface area contributed by atoms with Crippen LogP contribution in [0.15, 0.2) is 48.5 Å². The number of hydrogen-bond acceptors (Lipinski definition) is 1. The molecule has 0 bridgehead atoms. The number of halogens is 2. The second-order valence-corrected chi connectivity index (χ2v) is 4.83. The van der Waals surface area contributed by atoms with Crippen molar-refractivity contribution < 1.29 is 9.90 Å². The maximum absolute atomic E-state index is 11.2. The van der Waals surface area contributed by atoms with E-state index in [-0.39, 0.29) is 5.56 Å². The molecule has 0 fully saturated rings. The predicted molar refractivity (Wildman–Crippen MR) is 73.3 cm³/mol. The van der Waals surface area contributed by atoms with Crippen molar-refractivity contribution in [2.45, 2.75) is 4.84 Å². The topological polar surface area (TPSA) is 37.3 Å². The summed E-state index contributed by atoms with van der Waals surface area (Å²) < 4.78 is 0. The molecule has 2 aromatic carbocycles. The maximum atomic E-state index is 11.2. The lowest BCUT2D eigenvalue weighted by Gasteiger charge is -2.12. The van der Waals surface area contributed by atoms with E-state index >= 15 is 0 Å². The molecule has 0 aliphatic rings. The van der Waals surface area contributed by atoms with Gasteiger partial charge < -0.3 is 5.11 Å². The summed E-state index contributed by atoms with van der Waals surface area (Å²) >= 11 is 11.8. The van der Waals surface area contributed by atoms with Crippen LogP contribution in [0.4, 0.5) is 0 Å². The first kappa shape index (κ1) is 12.9. The first-order chi connectivity index (χ1) is 8.61. The summed E-state index contributed by atoms with van der Waals surface area (Å²) in [6.45, 7) is 0. The molecule has 0 aliphatic carbocycles. The molecule has 1 N–H and O–H groups in total. The van der Waals surface area contributed by atoms with Crippen molar-refractivity contribution in [3.8, 4) is 11.1 Å². The van der Waals surface area contributed by atoms with Crippen molar-refractivity contribution in [2.24, 2.45) is 0 Å². The smallest absolute Gasteiger partial charge is 0.336 e. The number of rotatable bonds is 3. The van der Waals surface area contributed by atoms with E-state index in [1.165, 1.54) is 0 Å². The molecule has 0 spiro atoms. The molecule has 0 atom stereocenters. The van der Waals surface area contributed by atoms with Crippen LogP contribution in [-0.4, -0.2) is 11.1 Å². The lowest BCUT2D eigenvalue weighted by molar-refractivity contribution is 0.0698. The Balaban J connectivity index is 2.66. The molecule has 2 rings (SSSR count). The molecule has 0 saturated carbocycles. The zero-order valence-electron chi connectivity index (χ0n) is 9.31. The summed E-state index contributed by atoms with van der Waals surface area (Å²) in [4.78, 5) is 10.5. The number of hydrogen-bond donors (Lipinski definition) is 1. The number of carbonyl (C=O) groups is 1. The van der Waals surface area contributed by atoms with Crippen LogP contribution in [-0.2, 0) is 0 Å². The van der Waals surface area contributed by atoms with Crippen molar-refractivity contribution in [3.63, 3.8) is 0 Å². The fraction of sp³-hybridized carbons (Fsp3) is 0.0714. The van der Waals surface area contributed by atoms with Crippen LogP contribution in [0.5, 0.6) is 0 Å². The highest BCUT2D eigenvalue weighted by atomic mass is 35.5. The Hall–Kier alpha value is -1.51. The summed E-state index contributed by atoms with van der Waals surface area (Å²) in [5.41, 5.74) is 2.30. The monoisotopic (exact) mass is 280 g/mol. The van der Waals surface area contributed by atoms with E-state index in [9.17, 15) is 9.90 Å². The normalized spacial score (nSPS) is 10.6. The van der Waals surface area contributed by atoms with E-state index in [1.807, 2.05) is 18.2 Å². The number of carboxylic acids is 1. The van der Waals surface area contributed by atoms with Crippen molar-refractivity contribution in [2.75, 3.05) is 0 Å². The van der Waals surface area contributed by atoms with E-state index < -0.39 is 10.8 Å². The minimum Gasteiger partial charge on any atom is -0.478 e. The maximum Gasteiger partial charge on any atom is 0.336 e. The SMILES string of the molecule is O=C(O)c1ccccc1-c1ccccc1C(Cl)Cl. The van der Waals surface area contributed by atoms with Crippen LogP contribution in [0.3, 0.4) is 0 Å². The summed E-state index contributed by atoms with van der Waals surface area (Å²) in [7, 11) is 0. The zero-order valence-corrected chi connectivity index (χ0v) is 10.8. The third kappa shape index (κ3) is 2.50. The van der Waals surface area contributed by atoms with Gasteiger partial charge in [0.25, 0.3) is 0 Å². The number of aromatic carboxylic acids is 1. The van der Waals surface area contributed by atoms with Crippen LogP contribution in [0.1, 0.15) is 20.8 Å². The molecule has 0 aromatic heterocycles. The molecule has 92 valence electrons. The van der Waals surface area contributed by atoms with Crippen molar-refractivity contribution in [1.29, 1.82) is 0 Å². The Kier molecular flexibility index (Phi) is 3.90. The zero-order chi connectivity index (χ0) is 13.1. The van der Waals surface area contributed by atoms with Gasteiger partial charge in [0.1, 0.15) is 4.84 Å². The van der Waals surface area contributed by atoms with E-state index in [2.05, 4.69) is 0 Å². The fourth-order valence-corrected chi connectivity index (χ4v) is 2.22. The second kappa shape index (κ2) is 5.42. The van der Waals surface area contributed by atoms with Gasteiger partial charge in [-0.3, -0.25) is 0 Å². The number of alkyl halides is 2. The molecule has 4 heteroatoms. The van der Waals surface area contributed by atoms with Crippen LogP contribution >= 0.6 is 23.2 Å². The van der Waals surface area contributed by atoms with E-state index in [4.69, 9.17) is 23.2 Å². The van der Waals surface area contributed by atoms with Crippen LogP contribution in [0.25, 0.3) is 11.1 Å². The molecule has 0 heterocycles. The van der Waals surface area contributed by atoms with Gasteiger partial charge in [0.15, 0.2) is 0 Å². The van der Waals surface area contributed by atoms with Crippen LogP contribution in [0.2, 0.25) is 0 Å². The third-order valence-corrected chi connectivity index (χ3v) is 3.11. The van der Waals surface area contributed by atoms with Crippen molar-refractivity contribution >= 4 is 29.2 Å². The Bertz CT molecular complexity index is 580. The Morgan fingerprint density at radius 2 is 1.50 bits per heavy atom. The lowest BCUT2D eigenvalue weighted by Crippen LogP contribution is -2.00. The molecule has 0 unspecified atom stereocenters. The van der Waals surface area contributed by atoms with Gasteiger partial charge in [-0.2, -0.15) is 0 Å². The van der Waals surface area contributed by atoms with Gasteiger partial charge in [-0.05, 0) is 22.8 Å². The second-order valence-electron chi connectivity index (χ2n) is 3.74. The van der Waals surface area contributed by atoms with Gasteiger partial charge in [0.05, 0.1) is 5.56 Å².